The van der Waals surface area contributed by atoms with E-state index in [9.17, 15) is 9.90 Å². The molecule has 3 aromatic carbocycles. The first kappa shape index (κ1) is 14.2. The van der Waals surface area contributed by atoms with E-state index in [-0.39, 0.29) is 17.0 Å². The lowest BCUT2D eigenvalue weighted by molar-refractivity contribution is -0.115. The minimum Gasteiger partial charge on any atom is -0.508 e. The minimum absolute atomic E-state index is 0.0516. The monoisotopic (exact) mass is 321 g/mol. The lowest BCUT2D eigenvalue weighted by atomic mass is 10.1. The van der Waals surface area contributed by atoms with Crippen LogP contribution < -0.4 is 4.90 Å². The zero-order chi connectivity index (χ0) is 15.8. The van der Waals surface area contributed by atoms with Gasteiger partial charge in [0.25, 0.3) is 0 Å². The van der Waals surface area contributed by atoms with E-state index in [0.717, 1.165) is 22.0 Å². The van der Waals surface area contributed by atoms with Gasteiger partial charge in [0, 0.05) is 5.69 Å². The zero-order valence-electron chi connectivity index (χ0n) is 12.3. The van der Waals surface area contributed by atoms with Gasteiger partial charge in [-0.3, -0.25) is 9.69 Å². The summed E-state index contributed by atoms with van der Waals surface area (Å²) in [5.74, 6) is 0.821. The second kappa shape index (κ2) is 5.63. The molecule has 0 saturated carbocycles. The standard InChI is InChI=1S/C19H15NO2S/c21-17-9-6-14(7-10-17)19-20(18(22)12-23-19)16-8-5-13-3-1-2-4-15(13)11-16/h1-11,19,21H,12H2. The molecule has 4 rings (SSSR count). The SMILES string of the molecule is O=C1CSC(c2ccc(O)cc2)N1c1ccc2ccccc2c1. The number of phenolic OH excluding ortho intramolecular Hbond substituents is 1. The first-order valence-electron chi connectivity index (χ1n) is 7.44. The highest BCUT2D eigenvalue weighted by molar-refractivity contribution is 8.00. The third kappa shape index (κ3) is 2.55. The van der Waals surface area contributed by atoms with Crippen molar-refractivity contribution in [3.63, 3.8) is 0 Å². The maximum atomic E-state index is 12.4. The van der Waals surface area contributed by atoms with Gasteiger partial charge in [0.1, 0.15) is 11.1 Å². The second-order valence-electron chi connectivity index (χ2n) is 5.55. The number of phenols is 1. The van der Waals surface area contributed by atoms with E-state index >= 15 is 0 Å². The number of rotatable bonds is 2. The Kier molecular flexibility index (Phi) is 3.46. The van der Waals surface area contributed by atoms with Crippen LogP contribution in [0.15, 0.2) is 66.7 Å². The summed E-state index contributed by atoms with van der Waals surface area (Å²) in [6.45, 7) is 0. The number of benzene rings is 3. The molecule has 1 amide bonds. The normalized spacial score (nSPS) is 17.8. The molecular weight excluding hydrogens is 306 g/mol. The van der Waals surface area contributed by atoms with Crippen LogP contribution in [0.1, 0.15) is 10.9 Å². The highest BCUT2D eigenvalue weighted by Gasteiger charge is 2.34. The fraction of sp³-hybridized carbons (Fsp3) is 0.105. The number of aromatic hydroxyl groups is 1. The second-order valence-corrected chi connectivity index (χ2v) is 6.62. The van der Waals surface area contributed by atoms with E-state index in [1.54, 1.807) is 23.9 Å². The molecule has 1 heterocycles. The first-order valence-corrected chi connectivity index (χ1v) is 8.49. The Balaban J connectivity index is 1.76. The highest BCUT2D eigenvalue weighted by Crippen LogP contribution is 2.42. The summed E-state index contributed by atoms with van der Waals surface area (Å²) in [5, 5.41) is 11.7. The van der Waals surface area contributed by atoms with E-state index in [0.29, 0.717) is 5.75 Å². The maximum absolute atomic E-state index is 12.4. The number of hydrogen-bond acceptors (Lipinski definition) is 3. The average molecular weight is 321 g/mol. The van der Waals surface area contributed by atoms with Gasteiger partial charge in [-0.25, -0.2) is 0 Å². The summed E-state index contributed by atoms with van der Waals surface area (Å²) in [6.07, 6.45) is 0. The average Bonchev–Trinajstić information content (AvgIpc) is 2.97. The van der Waals surface area contributed by atoms with Crippen LogP contribution in [0.25, 0.3) is 10.8 Å². The Morgan fingerprint density at radius 2 is 1.70 bits per heavy atom. The highest BCUT2D eigenvalue weighted by atomic mass is 32.2. The molecule has 1 aliphatic rings. The molecular formula is C19H15NO2S. The molecule has 0 spiro atoms. The first-order chi connectivity index (χ1) is 11.2. The predicted molar refractivity (Wildman–Crippen MR) is 94.7 cm³/mol. The third-order valence-electron chi connectivity index (χ3n) is 4.06. The molecule has 1 atom stereocenters. The largest absolute Gasteiger partial charge is 0.508 e. The van der Waals surface area contributed by atoms with E-state index < -0.39 is 0 Å². The van der Waals surface area contributed by atoms with Crippen LogP contribution >= 0.6 is 11.8 Å². The van der Waals surface area contributed by atoms with Crippen molar-refractivity contribution in [3.8, 4) is 5.75 Å². The van der Waals surface area contributed by atoms with Crippen molar-refractivity contribution in [2.24, 2.45) is 0 Å². The number of nitrogens with zero attached hydrogens (tertiary/aromatic N) is 1. The van der Waals surface area contributed by atoms with Crippen molar-refractivity contribution >= 4 is 34.1 Å². The fourth-order valence-electron chi connectivity index (χ4n) is 2.92. The van der Waals surface area contributed by atoms with Gasteiger partial charge in [-0.1, -0.05) is 42.5 Å². The number of fused-ring (bicyclic) bond motifs is 1. The van der Waals surface area contributed by atoms with Crippen LogP contribution in [0, 0.1) is 0 Å². The molecule has 1 fully saturated rings. The molecule has 0 bridgehead atoms. The third-order valence-corrected chi connectivity index (χ3v) is 5.27. The Morgan fingerprint density at radius 3 is 2.48 bits per heavy atom. The minimum atomic E-state index is -0.0516. The predicted octanol–water partition coefficient (Wildman–Crippen LogP) is 4.32. The Morgan fingerprint density at radius 1 is 0.957 bits per heavy atom. The lowest BCUT2D eigenvalue weighted by Crippen LogP contribution is -2.27. The van der Waals surface area contributed by atoms with E-state index in [2.05, 4.69) is 24.3 Å². The van der Waals surface area contributed by atoms with Crippen molar-refractivity contribution < 1.29 is 9.90 Å². The summed E-state index contributed by atoms with van der Waals surface area (Å²) in [6, 6.07) is 21.3. The van der Waals surface area contributed by atoms with Crippen molar-refractivity contribution in [2.75, 3.05) is 10.7 Å². The van der Waals surface area contributed by atoms with Crippen LogP contribution in [-0.2, 0) is 4.79 Å². The van der Waals surface area contributed by atoms with Crippen molar-refractivity contribution in [3.05, 3.63) is 72.3 Å². The molecule has 0 aliphatic carbocycles. The number of thioether (sulfide) groups is 1. The van der Waals surface area contributed by atoms with Gasteiger partial charge in [0.05, 0.1) is 5.75 Å². The van der Waals surface area contributed by atoms with Gasteiger partial charge in [-0.15, -0.1) is 11.8 Å². The van der Waals surface area contributed by atoms with Crippen LogP contribution in [0.4, 0.5) is 5.69 Å². The van der Waals surface area contributed by atoms with Gasteiger partial charge in [-0.2, -0.15) is 0 Å². The summed E-state index contributed by atoms with van der Waals surface area (Å²) >= 11 is 1.61. The van der Waals surface area contributed by atoms with E-state index in [1.807, 2.05) is 35.2 Å². The van der Waals surface area contributed by atoms with Crippen molar-refractivity contribution in [1.29, 1.82) is 0 Å². The van der Waals surface area contributed by atoms with Gasteiger partial charge < -0.3 is 5.11 Å². The maximum Gasteiger partial charge on any atom is 0.238 e. The van der Waals surface area contributed by atoms with Crippen LogP contribution in [0.2, 0.25) is 0 Å². The molecule has 1 saturated heterocycles. The lowest BCUT2D eigenvalue weighted by Gasteiger charge is -2.24. The number of carbonyl (C=O) groups is 1. The number of hydrogen-bond donors (Lipinski definition) is 1. The van der Waals surface area contributed by atoms with Crippen molar-refractivity contribution in [1.82, 2.24) is 0 Å². The molecule has 1 unspecified atom stereocenters. The fourth-order valence-corrected chi connectivity index (χ4v) is 4.09. The summed E-state index contributed by atoms with van der Waals surface area (Å²) in [5.41, 5.74) is 1.93. The topological polar surface area (TPSA) is 40.5 Å². The number of carbonyl (C=O) groups excluding carboxylic acids is 1. The molecule has 3 nitrogen and oxygen atoms in total. The Hall–Kier alpha value is -2.46. The van der Waals surface area contributed by atoms with Gasteiger partial charge in [-0.05, 0) is 40.6 Å². The quantitative estimate of drug-likeness (QED) is 0.764. The Bertz CT molecular complexity index is 876. The van der Waals surface area contributed by atoms with E-state index in [1.165, 1.54) is 0 Å². The summed E-state index contributed by atoms with van der Waals surface area (Å²) in [7, 11) is 0. The molecule has 1 aliphatic heterocycles. The molecule has 114 valence electrons. The number of anilines is 1. The molecule has 4 heteroatoms. The molecule has 0 radical (unpaired) electrons. The molecule has 3 aromatic rings. The number of amides is 1. The zero-order valence-corrected chi connectivity index (χ0v) is 13.2. The van der Waals surface area contributed by atoms with Crippen LogP contribution in [-0.4, -0.2) is 16.8 Å². The molecule has 23 heavy (non-hydrogen) atoms. The molecule has 1 N–H and O–H groups in total. The molecule has 0 aromatic heterocycles. The van der Waals surface area contributed by atoms with Gasteiger partial charge >= 0.3 is 0 Å². The van der Waals surface area contributed by atoms with Gasteiger partial charge in [0.15, 0.2) is 0 Å². The van der Waals surface area contributed by atoms with Crippen LogP contribution in [0.5, 0.6) is 5.75 Å². The van der Waals surface area contributed by atoms with Gasteiger partial charge in [0.2, 0.25) is 5.91 Å². The van der Waals surface area contributed by atoms with Crippen molar-refractivity contribution in [2.45, 2.75) is 5.37 Å². The summed E-state index contributed by atoms with van der Waals surface area (Å²) in [4.78, 5) is 14.3. The Labute approximate surface area is 138 Å². The summed E-state index contributed by atoms with van der Waals surface area (Å²) < 4.78 is 0. The van der Waals surface area contributed by atoms with E-state index in [4.69, 9.17) is 0 Å². The smallest absolute Gasteiger partial charge is 0.238 e. The van der Waals surface area contributed by atoms with Crippen LogP contribution in [0.3, 0.4) is 0 Å².